The van der Waals surface area contributed by atoms with E-state index in [2.05, 4.69) is 4.18 Å². The van der Waals surface area contributed by atoms with Crippen molar-refractivity contribution in [3.63, 3.8) is 0 Å². The predicted octanol–water partition coefficient (Wildman–Crippen LogP) is 2.85. The number of benzene rings is 1. The number of aldehydes is 1. The number of alkyl halides is 3. The number of hydrogen-bond acceptors (Lipinski definition) is 4. The van der Waals surface area contributed by atoms with Gasteiger partial charge in [0, 0.05) is 5.56 Å². The monoisotopic (exact) mass is 296 g/mol. The summed E-state index contributed by atoms with van der Waals surface area (Å²) in [6.07, 6.45) is 0.539. The van der Waals surface area contributed by atoms with Gasteiger partial charge in [0.2, 0.25) is 0 Å². The first-order valence-corrected chi connectivity index (χ1v) is 6.59. The summed E-state index contributed by atoms with van der Waals surface area (Å²) in [5, 5.41) is 0. The molecule has 0 aliphatic heterocycles. The van der Waals surface area contributed by atoms with Crippen molar-refractivity contribution in [3.05, 3.63) is 29.3 Å². The van der Waals surface area contributed by atoms with Crippen LogP contribution in [-0.2, 0) is 10.1 Å². The van der Waals surface area contributed by atoms with Gasteiger partial charge in [-0.25, -0.2) is 0 Å². The molecule has 0 atom stereocenters. The van der Waals surface area contributed by atoms with E-state index < -0.39 is 21.4 Å². The zero-order valence-corrected chi connectivity index (χ0v) is 10.9. The first-order valence-electron chi connectivity index (χ1n) is 5.18. The highest BCUT2D eigenvalue weighted by Crippen LogP contribution is 2.29. The number of carbonyl (C=O) groups is 1. The van der Waals surface area contributed by atoms with Crippen molar-refractivity contribution in [3.8, 4) is 5.75 Å². The molecule has 0 aromatic heterocycles. The van der Waals surface area contributed by atoms with Crippen molar-refractivity contribution < 1.29 is 30.6 Å². The highest BCUT2D eigenvalue weighted by Gasteiger charge is 2.48. The van der Waals surface area contributed by atoms with Crippen LogP contribution in [0, 0.1) is 0 Å². The van der Waals surface area contributed by atoms with E-state index in [0.717, 1.165) is 12.1 Å². The minimum atomic E-state index is -5.70. The molecule has 4 nitrogen and oxygen atoms in total. The molecule has 0 heterocycles. The van der Waals surface area contributed by atoms with E-state index >= 15 is 0 Å². The molecule has 8 heteroatoms. The first-order chi connectivity index (χ1) is 8.58. The molecule has 0 bridgehead atoms. The maximum Gasteiger partial charge on any atom is 0.534 e. The summed E-state index contributed by atoms with van der Waals surface area (Å²) in [6.45, 7) is 3.43. The fraction of sp³-hybridized carbons (Fsp3) is 0.364. The standard InChI is InChI=1S/C11H11F3O4S/c1-7(2)10-5-9(4-3-8(10)6-15)18-19(16,17)11(12,13)14/h3-7H,1-2H3. The lowest BCUT2D eigenvalue weighted by Crippen LogP contribution is -2.28. The van der Waals surface area contributed by atoms with Crippen molar-refractivity contribution in [1.29, 1.82) is 0 Å². The lowest BCUT2D eigenvalue weighted by molar-refractivity contribution is -0.0500. The Morgan fingerprint density at radius 1 is 1.26 bits per heavy atom. The van der Waals surface area contributed by atoms with E-state index in [9.17, 15) is 26.4 Å². The Morgan fingerprint density at radius 3 is 2.26 bits per heavy atom. The number of rotatable bonds is 4. The van der Waals surface area contributed by atoms with Crippen LogP contribution in [0.1, 0.15) is 35.7 Å². The zero-order valence-electron chi connectivity index (χ0n) is 10.1. The molecule has 0 fully saturated rings. The summed E-state index contributed by atoms with van der Waals surface area (Å²) in [4.78, 5) is 10.7. The third-order valence-electron chi connectivity index (χ3n) is 2.30. The Bertz CT molecular complexity index is 576. The normalized spacial score (nSPS) is 12.5. The minimum absolute atomic E-state index is 0.169. The van der Waals surface area contributed by atoms with Gasteiger partial charge in [0.1, 0.15) is 12.0 Å². The Balaban J connectivity index is 3.18. The maximum atomic E-state index is 12.2. The second-order valence-electron chi connectivity index (χ2n) is 4.05. The molecule has 0 saturated carbocycles. The molecular formula is C11H11F3O4S. The third-order valence-corrected chi connectivity index (χ3v) is 3.28. The second kappa shape index (κ2) is 5.20. The fourth-order valence-corrected chi connectivity index (χ4v) is 1.84. The summed E-state index contributed by atoms with van der Waals surface area (Å²) in [6, 6.07) is 3.32. The molecule has 0 amide bonds. The molecule has 1 aromatic rings. The molecule has 0 aliphatic rings. The minimum Gasteiger partial charge on any atom is -0.376 e. The molecule has 0 saturated heterocycles. The molecule has 1 aromatic carbocycles. The highest BCUT2D eigenvalue weighted by atomic mass is 32.2. The van der Waals surface area contributed by atoms with Crippen molar-refractivity contribution in [1.82, 2.24) is 0 Å². The second-order valence-corrected chi connectivity index (χ2v) is 5.58. The molecule has 0 aliphatic carbocycles. The highest BCUT2D eigenvalue weighted by molar-refractivity contribution is 7.87. The van der Waals surface area contributed by atoms with Crippen LogP contribution < -0.4 is 4.18 Å². The van der Waals surface area contributed by atoms with E-state index in [1.807, 2.05) is 0 Å². The van der Waals surface area contributed by atoms with E-state index in [-0.39, 0.29) is 11.5 Å². The molecule has 1 rings (SSSR count). The number of hydrogen-bond donors (Lipinski definition) is 0. The molecule has 0 spiro atoms. The molecule has 0 radical (unpaired) electrons. The van der Waals surface area contributed by atoms with E-state index in [1.54, 1.807) is 13.8 Å². The van der Waals surface area contributed by atoms with Crippen LogP contribution in [-0.4, -0.2) is 20.2 Å². The van der Waals surface area contributed by atoms with Crippen molar-refractivity contribution in [2.24, 2.45) is 0 Å². The Morgan fingerprint density at radius 2 is 1.84 bits per heavy atom. The smallest absolute Gasteiger partial charge is 0.376 e. The molecule has 0 N–H and O–H groups in total. The maximum absolute atomic E-state index is 12.2. The van der Waals surface area contributed by atoms with E-state index in [0.29, 0.717) is 11.8 Å². The summed E-state index contributed by atoms with van der Waals surface area (Å²) >= 11 is 0. The van der Waals surface area contributed by atoms with Gasteiger partial charge < -0.3 is 4.18 Å². The Labute approximate surface area is 108 Å². The van der Waals surface area contributed by atoms with Crippen molar-refractivity contribution in [2.75, 3.05) is 0 Å². The van der Waals surface area contributed by atoms with Crippen molar-refractivity contribution in [2.45, 2.75) is 25.3 Å². The Hall–Kier alpha value is -1.57. The predicted molar refractivity (Wildman–Crippen MR) is 61.5 cm³/mol. The van der Waals surface area contributed by atoms with Gasteiger partial charge in [-0.1, -0.05) is 13.8 Å². The van der Waals surface area contributed by atoms with Crippen molar-refractivity contribution >= 4 is 16.4 Å². The van der Waals surface area contributed by atoms with Gasteiger partial charge in [0.15, 0.2) is 0 Å². The van der Waals surface area contributed by atoms with Crippen LogP contribution in [0.2, 0.25) is 0 Å². The van der Waals surface area contributed by atoms with Gasteiger partial charge >= 0.3 is 15.6 Å². The van der Waals surface area contributed by atoms with Gasteiger partial charge in [-0.2, -0.15) is 21.6 Å². The molecule has 106 valence electrons. The molecule has 0 unspecified atom stereocenters. The van der Waals surface area contributed by atoms with Gasteiger partial charge in [0.25, 0.3) is 0 Å². The van der Waals surface area contributed by atoms with Crippen LogP contribution in [0.15, 0.2) is 18.2 Å². The lowest BCUT2D eigenvalue weighted by Gasteiger charge is -2.13. The summed E-state index contributed by atoms with van der Waals surface area (Å²) in [5.41, 5.74) is -4.81. The largest absolute Gasteiger partial charge is 0.534 e. The summed E-state index contributed by atoms with van der Waals surface area (Å²) in [7, 11) is -5.70. The van der Waals surface area contributed by atoms with E-state index in [4.69, 9.17) is 0 Å². The molecular weight excluding hydrogens is 285 g/mol. The number of carbonyl (C=O) groups excluding carboxylic acids is 1. The number of halogens is 3. The summed E-state index contributed by atoms with van der Waals surface area (Å²) in [5.74, 6) is -0.649. The van der Waals surface area contributed by atoms with Crippen LogP contribution in [0.25, 0.3) is 0 Å². The van der Waals surface area contributed by atoms with Gasteiger partial charge in [-0.15, -0.1) is 0 Å². The molecule has 19 heavy (non-hydrogen) atoms. The van der Waals surface area contributed by atoms with Crippen LogP contribution in [0.4, 0.5) is 13.2 Å². The van der Waals surface area contributed by atoms with Crippen LogP contribution >= 0.6 is 0 Å². The van der Waals surface area contributed by atoms with Gasteiger partial charge in [0.05, 0.1) is 0 Å². The third kappa shape index (κ3) is 3.46. The summed E-state index contributed by atoms with van der Waals surface area (Å²) < 4.78 is 62.1. The first kappa shape index (κ1) is 15.5. The van der Waals surface area contributed by atoms with E-state index in [1.165, 1.54) is 6.07 Å². The quantitative estimate of drug-likeness (QED) is 0.487. The average Bonchev–Trinajstić information content (AvgIpc) is 2.26. The fourth-order valence-electron chi connectivity index (χ4n) is 1.39. The SMILES string of the molecule is CC(C)c1cc(OS(=O)(=O)C(F)(F)F)ccc1C=O. The zero-order chi connectivity index (χ0) is 14.8. The Kier molecular flexibility index (Phi) is 4.24. The van der Waals surface area contributed by atoms with Gasteiger partial charge in [-0.3, -0.25) is 4.79 Å². The van der Waals surface area contributed by atoms with Crippen LogP contribution in [0.3, 0.4) is 0 Å². The lowest BCUT2D eigenvalue weighted by atomic mass is 9.98. The van der Waals surface area contributed by atoms with Gasteiger partial charge in [-0.05, 0) is 29.7 Å². The van der Waals surface area contributed by atoms with Crippen LogP contribution in [0.5, 0.6) is 5.75 Å². The average molecular weight is 296 g/mol. The topological polar surface area (TPSA) is 60.4 Å².